The second kappa shape index (κ2) is 7.80. The first kappa shape index (κ1) is 19.5. The van der Waals surface area contributed by atoms with Gasteiger partial charge in [-0.25, -0.2) is 8.42 Å². The van der Waals surface area contributed by atoms with Gasteiger partial charge < -0.3 is 10.1 Å². The molecule has 3 rings (SSSR count). The number of amides is 1. The molecule has 1 amide bonds. The van der Waals surface area contributed by atoms with E-state index in [0.29, 0.717) is 24.3 Å². The summed E-state index contributed by atoms with van der Waals surface area (Å²) >= 11 is 0. The third kappa shape index (κ3) is 4.37. The van der Waals surface area contributed by atoms with Crippen LogP contribution >= 0.6 is 0 Å². The minimum atomic E-state index is -3.59. The van der Waals surface area contributed by atoms with Crippen molar-refractivity contribution in [2.75, 3.05) is 18.4 Å². The molecule has 1 aliphatic rings. The monoisotopic (exact) mass is 388 g/mol. The first-order chi connectivity index (χ1) is 12.8. The smallest absolute Gasteiger partial charge is 0.255 e. The molecule has 0 aromatic heterocycles. The number of benzene rings is 2. The molecule has 7 heteroatoms. The van der Waals surface area contributed by atoms with Gasteiger partial charge >= 0.3 is 0 Å². The Morgan fingerprint density at radius 2 is 1.63 bits per heavy atom. The Morgan fingerprint density at radius 1 is 1.04 bits per heavy atom. The van der Waals surface area contributed by atoms with Gasteiger partial charge in [0.2, 0.25) is 10.0 Å². The van der Waals surface area contributed by atoms with Crippen LogP contribution in [0.1, 0.15) is 29.8 Å². The lowest BCUT2D eigenvalue weighted by Gasteiger charge is -2.34. The maximum Gasteiger partial charge on any atom is 0.255 e. The lowest BCUT2D eigenvalue weighted by molar-refractivity contribution is -0.0440. The predicted octanol–water partition coefficient (Wildman–Crippen LogP) is 3.05. The van der Waals surface area contributed by atoms with E-state index in [1.54, 1.807) is 18.2 Å². The molecule has 1 aliphatic heterocycles. The second-order valence-electron chi connectivity index (χ2n) is 6.87. The minimum absolute atomic E-state index is 0.142. The summed E-state index contributed by atoms with van der Waals surface area (Å²) in [6, 6.07) is 13.6. The number of carbonyl (C=O) groups excluding carboxylic acids is 1. The summed E-state index contributed by atoms with van der Waals surface area (Å²) in [6.45, 7) is 6.26. The summed E-state index contributed by atoms with van der Waals surface area (Å²) < 4.78 is 32.8. The van der Waals surface area contributed by atoms with E-state index in [9.17, 15) is 13.2 Å². The predicted molar refractivity (Wildman–Crippen MR) is 104 cm³/mol. The fraction of sp³-hybridized carbons (Fsp3) is 0.350. The van der Waals surface area contributed by atoms with E-state index < -0.39 is 10.0 Å². The van der Waals surface area contributed by atoms with Crippen LogP contribution in [0.2, 0.25) is 0 Å². The topological polar surface area (TPSA) is 75.7 Å². The Bertz CT molecular complexity index is 915. The summed E-state index contributed by atoms with van der Waals surface area (Å²) in [5, 5.41) is 2.80. The number of anilines is 1. The van der Waals surface area contributed by atoms with Gasteiger partial charge in [-0.1, -0.05) is 18.2 Å². The quantitative estimate of drug-likeness (QED) is 0.873. The SMILES string of the molecule is Cc1ccccc1C(=O)Nc1ccc(S(=O)(=O)N2C[C@H](C)O[C@@H](C)C2)cc1. The fourth-order valence-corrected chi connectivity index (χ4v) is 4.80. The molecule has 2 aromatic carbocycles. The van der Waals surface area contributed by atoms with Gasteiger partial charge in [0.25, 0.3) is 5.91 Å². The third-order valence-electron chi connectivity index (χ3n) is 4.53. The van der Waals surface area contributed by atoms with Gasteiger partial charge in [0.15, 0.2) is 0 Å². The van der Waals surface area contributed by atoms with Gasteiger partial charge in [-0.15, -0.1) is 0 Å². The van der Waals surface area contributed by atoms with E-state index in [1.807, 2.05) is 39.0 Å². The molecule has 0 saturated carbocycles. The molecule has 2 aromatic rings. The summed E-state index contributed by atoms with van der Waals surface area (Å²) in [7, 11) is -3.59. The lowest BCUT2D eigenvalue weighted by atomic mass is 10.1. The average Bonchev–Trinajstić information content (AvgIpc) is 2.61. The third-order valence-corrected chi connectivity index (χ3v) is 6.37. The van der Waals surface area contributed by atoms with Crippen LogP contribution in [0.3, 0.4) is 0 Å². The highest BCUT2D eigenvalue weighted by atomic mass is 32.2. The Balaban J connectivity index is 1.75. The van der Waals surface area contributed by atoms with Crippen molar-refractivity contribution in [3.05, 3.63) is 59.7 Å². The number of nitrogens with zero attached hydrogens (tertiary/aromatic N) is 1. The second-order valence-corrected chi connectivity index (χ2v) is 8.81. The Hall–Kier alpha value is -2.22. The van der Waals surface area contributed by atoms with Crippen molar-refractivity contribution in [1.29, 1.82) is 0 Å². The molecule has 6 nitrogen and oxygen atoms in total. The van der Waals surface area contributed by atoms with E-state index in [4.69, 9.17) is 4.74 Å². The van der Waals surface area contributed by atoms with E-state index in [0.717, 1.165) is 5.56 Å². The molecule has 0 bridgehead atoms. The molecular weight excluding hydrogens is 364 g/mol. The van der Waals surface area contributed by atoms with Crippen molar-refractivity contribution < 1.29 is 17.9 Å². The molecule has 2 atom stereocenters. The maximum absolute atomic E-state index is 12.9. The van der Waals surface area contributed by atoms with Crippen LogP contribution < -0.4 is 5.32 Å². The molecule has 0 aliphatic carbocycles. The largest absolute Gasteiger partial charge is 0.373 e. The van der Waals surface area contributed by atoms with Gasteiger partial charge in [-0.3, -0.25) is 4.79 Å². The van der Waals surface area contributed by atoms with Crippen LogP contribution in [0, 0.1) is 6.92 Å². The van der Waals surface area contributed by atoms with Gasteiger partial charge in [0, 0.05) is 24.3 Å². The summed E-state index contributed by atoms with van der Waals surface area (Å²) in [5.41, 5.74) is 2.01. The molecule has 1 N–H and O–H groups in total. The Kier molecular flexibility index (Phi) is 5.64. The first-order valence-corrected chi connectivity index (χ1v) is 10.3. The number of ether oxygens (including phenoxy) is 1. The van der Waals surface area contributed by atoms with E-state index in [2.05, 4.69) is 5.32 Å². The fourth-order valence-electron chi connectivity index (χ4n) is 3.21. The summed E-state index contributed by atoms with van der Waals surface area (Å²) in [4.78, 5) is 12.6. The molecule has 0 radical (unpaired) electrons. The summed E-state index contributed by atoms with van der Waals surface area (Å²) in [5.74, 6) is -0.223. The zero-order valence-corrected chi connectivity index (χ0v) is 16.5. The highest BCUT2D eigenvalue weighted by Gasteiger charge is 2.32. The van der Waals surface area contributed by atoms with Crippen molar-refractivity contribution in [2.45, 2.75) is 37.9 Å². The van der Waals surface area contributed by atoms with Gasteiger partial charge in [-0.05, 0) is 56.7 Å². The lowest BCUT2D eigenvalue weighted by Crippen LogP contribution is -2.48. The summed E-state index contributed by atoms with van der Waals surface area (Å²) in [6.07, 6.45) is -0.285. The van der Waals surface area contributed by atoms with Gasteiger partial charge in [-0.2, -0.15) is 4.31 Å². The van der Waals surface area contributed by atoms with Crippen LogP contribution in [0.15, 0.2) is 53.4 Å². The zero-order valence-electron chi connectivity index (χ0n) is 15.7. The Labute approximate surface area is 160 Å². The maximum atomic E-state index is 12.9. The number of carbonyl (C=O) groups is 1. The number of hydrogen-bond acceptors (Lipinski definition) is 4. The normalized spacial score (nSPS) is 21.0. The zero-order chi connectivity index (χ0) is 19.6. The molecule has 1 saturated heterocycles. The van der Waals surface area contributed by atoms with Crippen LogP contribution in [-0.4, -0.2) is 43.9 Å². The van der Waals surface area contributed by atoms with Crippen molar-refractivity contribution in [2.24, 2.45) is 0 Å². The number of morpholine rings is 1. The van der Waals surface area contributed by atoms with Gasteiger partial charge in [0.1, 0.15) is 0 Å². The highest BCUT2D eigenvalue weighted by molar-refractivity contribution is 7.89. The van der Waals surface area contributed by atoms with Crippen molar-refractivity contribution in [3.63, 3.8) is 0 Å². The van der Waals surface area contributed by atoms with E-state index in [1.165, 1.54) is 16.4 Å². The first-order valence-electron chi connectivity index (χ1n) is 8.90. The standard InChI is InChI=1S/C20H24N2O4S/c1-14-6-4-5-7-19(14)20(23)21-17-8-10-18(11-9-17)27(24,25)22-12-15(2)26-16(3)13-22/h4-11,15-16H,12-13H2,1-3H3,(H,21,23)/t15-,16-/m0/s1. The molecule has 0 spiro atoms. The Morgan fingerprint density at radius 3 is 2.22 bits per heavy atom. The van der Waals surface area contributed by atoms with Crippen molar-refractivity contribution in [1.82, 2.24) is 4.31 Å². The molecule has 1 heterocycles. The van der Waals surface area contributed by atoms with Crippen LogP contribution in [0.25, 0.3) is 0 Å². The molecule has 144 valence electrons. The van der Waals surface area contributed by atoms with Crippen LogP contribution in [-0.2, 0) is 14.8 Å². The van der Waals surface area contributed by atoms with Crippen molar-refractivity contribution in [3.8, 4) is 0 Å². The highest BCUT2D eigenvalue weighted by Crippen LogP contribution is 2.23. The van der Waals surface area contributed by atoms with Crippen LogP contribution in [0.5, 0.6) is 0 Å². The average molecular weight is 388 g/mol. The van der Waals surface area contributed by atoms with E-state index >= 15 is 0 Å². The number of sulfonamides is 1. The van der Waals surface area contributed by atoms with Crippen molar-refractivity contribution >= 4 is 21.6 Å². The molecule has 1 fully saturated rings. The number of hydrogen-bond donors (Lipinski definition) is 1. The molecule has 27 heavy (non-hydrogen) atoms. The van der Waals surface area contributed by atoms with Gasteiger partial charge in [0.05, 0.1) is 17.1 Å². The minimum Gasteiger partial charge on any atom is -0.373 e. The molecular formula is C20H24N2O4S. The van der Waals surface area contributed by atoms with E-state index in [-0.39, 0.29) is 23.0 Å². The number of nitrogens with one attached hydrogen (secondary N) is 1. The number of rotatable bonds is 4. The number of aryl methyl sites for hydroxylation is 1. The molecule has 0 unspecified atom stereocenters. The van der Waals surface area contributed by atoms with Crippen LogP contribution in [0.4, 0.5) is 5.69 Å².